The van der Waals surface area contributed by atoms with Crippen LogP contribution in [0.5, 0.6) is 0 Å². The zero-order chi connectivity index (χ0) is 7.52. The van der Waals surface area contributed by atoms with Crippen molar-refractivity contribution in [1.29, 1.82) is 0 Å². The van der Waals surface area contributed by atoms with E-state index in [1.165, 1.54) is 37.9 Å². The van der Waals surface area contributed by atoms with Crippen LogP contribution in [0.3, 0.4) is 0 Å². The van der Waals surface area contributed by atoms with Gasteiger partial charge in [0.15, 0.2) is 0 Å². The Morgan fingerprint density at radius 1 is 1.00 bits per heavy atom. The van der Waals surface area contributed by atoms with E-state index in [2.05, 4.69) is 11.5 Å². The minimum absolute atomic E-state index is 1.21. The minimum atomic E-state index is 1.21. The molecule has 0 spiro atoms. The second-order valence-electron chi connectivity index (χ2n) is 3.27. The molecule has 2 rings (SSSR count). The van der Waals surface area contributed by atoms with Gasteiger partial charge >= 0.3 is 0 Å². The molecule has 2 aliphatic rings. The lowest BCUT2D eigenvalue weighted by atomic mass is 10.0. The van der Waals surface area contributed by atoms with Crippen LogP contribution in [-0.2, 0) is 0 Å². The maximum Gasteiger partial charge on any atom is 0.0160 e. The van der Waals surface area contributed by atoms with Gasteiger partial charge in [-0.15, -0.1) is 11.8 Å². The van der Waals surface area contributed by atoms with Crippen LogP contribution in [0.4, 0.5) is 0 Å². The molecule has 1 aliphatic carbocycles. The first-order chi connectivity index (χ1) is 5.47. The third-order valence-electron chi connectivity index (χ3n) is 2.46. The van der Waals surface area contributed by atoms with Crippen molar-refractivity contribution < 1.29 is 0 Å². The third kappa shape index (κ3) is 1.70. The summed E-state index contributed by atoms with van der Waals surface area (Å²) in [7, 11) is 0. The average Bonchev–Trinajstić information content (AvgIpc) is 2.28. The third-order valence-corrected chi connectivity index (χ3v) is 3.27. The summed E-state index contributed by atoms with van der Waals surface area (Å²) in [5.74, 6) is 1.21. The van der Waals surface area contributed by atoms with Crippen molar-refractivity contribution in [2.24, 2.45) is 0 Å². The van der Waals surface area contributed by atoms with Crippen molar-refractivity contribution in [1.82, 2.24) is 0 Å². The van der Waals surface area contributed by atoms with Crippen molar-refractivity contribution in [3.05, 3.63) is 22.6 Å². The summed E-state index contributed by atoms with van der Waals surface area (Å²) in [5.41, 5.74) is 3.29. The van der Waals surface area contributed by atoms with E-state index < -0.39 is 0 Å². The highest BCUT2D eigenvalue weighted by molar-refractivity contribution is 8.02. The van der Waals surface area contributed by atoms with Gasteiger partial charge in [0.05, 0.1) is 0 Å². The zero-order valence-electron chi connectivity index (χ0n) is 6.81. The molecule has 0 nitrogen and oxygen atoms in total. The Morgan fingerprint density at radius 3 is 2.73 bits per heavy atom. The molecule has 0 radical (unpaired) electrons. The molecule has 1 saturated carbocycles. The molecule has 0 bridgehead atoms. The maximum atomic E-state index is 2.42. The smallest absolute Gasteiger partial charge is 0.0160 e. The molecular formula is C10H14S. The molecule has 0 saturated heterocycles. The van der Waals surface area contributed by atoms with E-state index in [-0.39, 0.29) is 0 Å². The summed E-state index contributed by atoms with van der Waals surface area (Å²) in [5, 5.41) is 2.38. The van der Waals surface area contributed by atoms with Crippen LogP contribution in [0.25, 0.3) is 0 Å². The fourth-order valence-corrected chi connectivity index (χ4v) is 2.66. The first-order valence-electron chi connectivity index (χ1n) is 4.47. The second kappa shape index (κ2) is 3.48. The Labute approximate surface area is 72.8 Å². The Hall–Kier alpha value is -0.170. The van der Waals surface area contributed by atoms with Crippen LogP contribution in [0.2, 0.25) is 0 Å². The van der Waals surface area contributed by atoms with E-state index in [0.29, 0.717) is 0 Å². The predicted molar refractivity (Wildman–Crippen MR) is 51.7 cm³/mol. The van der Waals surface area contributed by atoms with Gasteiger partial charge in [-0.3, -0.25) is 0 Å². The SMILES string of the molecule is C1=C2CCCCCC2=CSC1. The van der Waals surface area contributed by atoms with Crippen LogP contribution >= 0.6 is 11.8 Å². The van der Waals surface area contributed by atoms with Gasteiger partial charge < -0.3 is 0 Å². The van der Waals surface area contributed by atoms with Gasteiger partial charge in [-0.2, -0.15) is 0 Å². The predicted octanol–water partition coefficient (Wildman–Crippen LogP) is 3.51. The van der Waals surface area contributed by atoms with Crippen molar-refractivity contribution in [2.75, 3.05) is 5.75 Å². The molecule has 1 aliphatic heterocycles. The molecule has 0 amide bonds. The summed E-state index contributed by atoms with van der Waals surface area (Å²) in [4.78, 5) is 0. The highest BCUT2D eigenvalue weighted by Crippen LogP contribution is 2.32. The van der Waals surface area contributed by atoms with Crippen LogP contribution in [0, 0.1) is 0 Å². The lowest BCUT2D eigenvalue weighted by molar-refractivity contribution is 0.719. The number of rotatable bonds is 0. The average molecular weight is 166 g/mol. The van der Waals surface area contributed by atoms with Gasteiger partial charge in [0, 0.05) is 5.75 Å². The Balaban J connectivity index is 2.17. The lowest BCUT2D eigenvalue weighted by Gasteiger charge is -2.11. The van der Waals surface area contributed by atoms with E-state index in [1.807, 2.05) is 11.8 Å². The van der Waals surface area contributed by atoms with E-state index in [0.717, 1.165) is 0 Å². The number of fused-ring (bicyclic) bond motifs is 1. The fourth-order valence-electron chi connectivity index (χ4n) is 1.79. The summed E-state index contributed by atoms with van der Waals surface area (Å²) in [6.07, 6.45) is 9.34. The highest BCUT2D eigenvalue weighted by atomic mass is 32.2. The van der Waals surface area contributed by atoms with E-state index in [1.54, 1.807) is 11.1 Å². The Bertz CT molecular complexity index is 179. The summed E-state index contributed by atoms with van der Waals surface area (Å²) in [6.45, 7) is 0. The monoisotopic (exact) mass is 166 g/mol. The number of thioether (sulfide) groups is 1. The Morgan fingerprint density at radius 2 is 1.82 bits per heavy atom. The molecule has 1 heterocycles. The highest BCUT2D eigenvalue weighted by Gasteiger charge is 2.11. The Kier molecular flexibility index (Phi) is 2.37. The lowest BCUT2D eigenvalue weighted by Crippen LogP contribution is -1.92. The van der Waals surface area contributed by atoms with Gasteiger partial charge in [0.1, 0.15) is 0 Å². The summed E-state index contributed by atoms with van der Waals surface area (Å²) >= 11 is 1.95. The summed E-state index contributed by atoms with van der Waals surface area (Å²) < 4.78 is 0. The van der Waals surface area contributed by atoms with Crippen LogP contribution in [0.1, 0.15) is 32.1 Å². The van der Waals surface area contributed by atoms with Crippen molar-refractivity contribution in [3.8, 4) is 0 Å². The summed E-state index contributed by atoms with van der Waals surface area (Å²) in [6, 6.07) is 0. The molecule has 11 heavy (non-hydrogen) atoms. The molecule has 1 heteroatoms. The molecule has 0 aromatic rings. The van der Waals surface area contributed by atoms with E-state index in [9.17, 15) is 0 Å². The second-order valence-corrected chi connectivity index (χ2v) is 4.17. The van der Waals surface area contributed by atoms with Crippen molar-refractivity contribution in [3.63, 3.8) is 0 Å². The molecule has 0 aromatic heterocycles. The molecule has 0 atom stereocenters. The van der Waals surface area contributed by atoms with E-state index in [4.69, 9.17) is 0 Å². The first kappa shape index (κ1) is 7.48. The fraction of sp³-hybridized carbons (Fsp3) is 0.600. The number of allylic oxidation sites excluding steroid dienone is 2. The number of hydrogen-bond donors (Lipinski definition) is 0. The normalized spacial score (nSPS) is 24.7. The van der Waals surface area contributed by atoms with Gasteiger partial charge in [0.2, 0.25) is 0 Å². The molecule has 0 unspecified atom stereocenters. The molecular weight excluding hydrogens is 152 g/mol. The molecule has 1 fully saturated rings. The largest absolute Gasteiger partial charge is 0.130 e. The van der Waals surface area contributed by atoms with Crippen LogP contribution in [0.15, 0.2) is 22.6 Å². The van der Waals surface area contributed by atoms with Crippen molar-refractivity contribution in [2.45, 2.75) is 32.1 Å². The van der Waals surface area contributed by atoms with Crippen molar-refractivity contribution >= 4 is 11.8 Å². The first-order valence-corrected chi connectivity index (χ1v) is 5.52. The molecule has 0 aromatic carbocycles. The van der Waals surface area contributed by atoms with Crippen LogP contribution in [-0.4, -0.2) is 5.75 Å². The van der Waals surface area contributed by atoms with Gasteiger partial charge in [-0.25, -0.2) is 0 Å². The van der Waals surface area contributed by atoms with E-state index >= 15 is 0 Å². The number of hydrogen-bond acceptors (Lipinski definition) is 1. The van der Waals surface area contributed by atoms with Crippen LogP contribution < -0.4 is 0 Å². The quantitative estimate of drug-likeness (QED) is 0.530. The molecule has 60 valence electrons. The topological polar surface area (TPSA) is 0 Å². The standard InChI is InChI=1S/C10H14S/c1-2-4-9-6-7-11-8-10(9)5-3-1/h6,8H,1-5,7H2. The van der Waals surface area contributed by atoms with Gasteiger partial charge in [0.25, 0.3) is 0 Å². The van der Waals surface area contributed by atoms with Gasteiger partial charge in [-0.1, -0.05) is 12.5 Å². The zero-order valence-corrected chi connectivity index (χ0v) is 7.62. The molecule has 0 N–H and O–H groups in total. The minimum Gasteiger partial charge on any atom is -0.130 e. The maximum absolute atomic E-state index is 2.42. The van der Waals surface area contributed by atoms with Gasteiger partial charge in [-0.05, 0) is 42.2 Å².